The van der Waals surface area contributed by atoms with E-state index in [0.29, 0.717) is 0 Å². The number of hydrogen-bond donors (Lipinski definition) is 2. The molecule has 1 aliphatic rings. The number of rotatable bonds is 6. The van der Waals surface area contributed by atoms with Crippen LogP contribution in [0.1, 0.15) is 43.0 Å². The van der Waals surface area contributed by atoms with Crippen LogP contribution in [0, 0.1) is 6.92 Å². The summed E-state index contributed by atoms with van der Waals surface area (Å²) >= 11 is 1.80. The Morgan fingerprint density at radius 2 is 2.27 bits per heavy atom. The number of hydrogen-bond acceptors (Lipinski definition) is 3. The van der Waals surface area contributed by atoms with E-state index in [9.17, 15) is 0 Å². The molecule has 2 heterocycles. The van der Waals surface area contributed by atoms with E-state index in [1.54, 1.807) is 11.3 Å². The number of aliphatic imine (C=N–C) groups is 1. The van der Waals surface area contributed by atoms with Gasteiger partial charge in [-0.25, -0.2) is 0 Å². The summed E-state index contributed by atoms with van der Waals surface area (Å²) in [5.41, 5.74) is 1.35. The van der Waals surface area contributed by atoms with E-state index in [2.05, 4.69) is 45.8 Å². The number of piperidine rings is 1. The van der Waals surface area contributed by atoms with Crippen LogP contribution in [0.5, 0.6) is 0 Å². The second-order valence-electron chi connectivity index (χ2n) is 5.97. The SMILES string of the molecule is CCC1CCCCN1CCNC(=NC)NCc1sccc1C. The van der Waals surface area contributed by atoms with Crippen LogP contribution in [0.2, 0.25) is 0 Å². The molecule has 124 valence electrons. The Kier molecular flexibility index (Phi) is 7.19. The van der Waals surface area contributed by atoms with Gasteiger partial charge in [0, 0.05) is 31.1 Å². The number of aryl methyl sites for hydroxylation is 1. The molecule has 2 rings (SSSR count). The van der Waals surface area contributed by atoms with Gasteiger partial charge < -0.3 is 10.6 Å². The van der Waals surface area contributed by atoms with Gasteiger partial charge in [-0.2, -0.15) is 0 Å². The average molecular weight is 323 g/mol. The molecule has 1 aliphatic heterocycles. The fourth-order valence-corrected chi connectivity index (χ4v) is 3.95. The van der Waals surface area contributed by atoms with Gasteiger partial charge in [0.2, 0.25) is 0 Å². The van der Waals surface area contributed by atoms with Gasteiger partial charge in [-0.15, -0.1) is 11.3 Å². The van der Waals surface area contributed by atoms with E-state index in [-0.39, 0.29) is 0 Å². The maximum Gasteiger partial charge on any atom is 0.191 e. The highest BCUT2D eigenvalue weighted by atomic mass is 32.1. The van der Waals surface area contributed by atoms with Crippen molar-refractivity contribution < 1.29 is 0 Å². The van der Waals surface area contributed by atoms with Crippen LogP contribution in [0.4, 0.5) is 0 Å². The van der Waals surface area contributed by atoms with Crippen molar-refractivity contribution >= 4 is 17.3 Å². The summed E-state index contributed by atoms with van der Waals surface area (Å²) in [6, 6.07) is 2.94. The van der Waals surface area contributed by atoms with Crippen molar-refractivity contribution in [3.8, 4) is 0 Å². The van der Waals surface area contributed by atoms with Crippen LogP contribution in [0.15, 0.2) is 16.4 Å². The van der Waals surface area contributed by atoms with Gasteiger partial charge in [0.1, 0.15) is 0 Å². The molecule has 0 spiro atoms. The van der Waals surface area contributed by atoms with Crippen LogP contribution in [0.25, 0.3) is 0 Å². The second kappa shape index (κ2) is 9.16. The molecule has 0 aromatic carbocycles. The van der Waals surface area contributed by atoms with Gasteiger partial charge in [-0.3, -0.25) is 9.89 Å². The maximum absolute atomic E-state index is 4.32. The fourth-order valence-electron chi connectivity index (χ4n) is 3.10. The summed E-state index contributed by atoms with van der Waals surface area (Å²) in [4.78, 5) is 8.33. The smallest absolute Gasteiger partial charge is 0.191 e. The van der Waals surface area contributed by atoms with E-state index in [1.165, 1.54) is 42.7 Å². The number of nitrogens with zero attached hydrogens (tertiary/aromatic N) is 2. The van der Waals surface area contributed by atoms with Gasteiger partial charge in [0.25, 0.3) is 0 Å². The van der Waals surface area contributed by atoms with Crippen molar-refractivity contribution in [2.24, 2.45) is 4.99 Å². The minimum absolute atomic E-state index is 0.777. The highest BCUT2D eigenvalue weighted by molar-refractivity contribution is 7.10. The topological polar surface area (TPSA) is 39.7 Å². The molecule has 1 aromatic rings. The van der Waals surface area contributed by atoms with Gasteiger partial charge in [0.05, 0.1) is 6.54 Å². The van der Waals surface area contributed by atoms with Gasteiger partial charge in [-0.1, -0.05) is 13.3 Å². The van der Waals surface area contributed by atoms with E-state index >= 15 is 0 Å². The molecule has 1 atom stereocenters. The number of nitrogens with one attached hydrogen (secondary N) is 2. The van der Waals surface area contributed by atoms with Crippen molar-refractivity contribution in [3.63, 3.8) is 0 Å². The Morgan fingerprint density at radius 3 is 2.95 bits per heavy atom. The summed E-state index contributed by atoms with van der Waals surface area (Å²) in [5.74, 6) is 0.901. The van der Waals surface area contributed by atoms with Crippen LogP contribution in [0.3, 0.4) is 0 Å². The Morgan fingerprint density at radius 1 is 1.41 bits per heavy atom. The third-order valence-corrected chi connectivity index (χ3v) is 5.54. The highest BCUT2D eigenvalue weighted by Crippen LogP contribution is 2.18. The van der Waals surface area contributed by atoms with Gasteiger partial charge in [-0.05, 0) is 49.7 Å². The lowest BCUT2D eigenvalue weighted by Gasteiger charge is -2.35. The van der Waals surface area contributed by atoms with Crippen molar-refractivity contribution in [2.75, 3.05) is 26.7 Å². The molecule has 0 bridgehead atoms. The van der Waals surface area contributed by atoms with E-state index in [4.69, 9.17) is 0 Å². The molecule has 1 aromatic heterocycles. The minimum Gasteiger partial charge on any atom is -0.355 e. The normalized spacial score (nSPS) is 20.1. The molecule has 0 saturated carbocycles. The third-order valence-electron chi connectivity index (χ3n) is 4.52. The number of likely N-dealkylation sites (tertiary alicyclic amines) is 1. The predicted molar refractivity (Wildman–Crippen MR) is 96.8 cm³/mol. The largest absolute Gasteiger partial charge is 0.355 e. The third kappa shape index (κ3) is 4.99. The Bertz CT molecular complexity index is 469. The van der Waals surface area contributed by atoms with Crippen molar-refractivity contribution in [2.45, 2.75) is 52.1 Å². The molecule has 1 unspecified atom stereocenters. The zero-order valence-corrected chi connectivity index (χ0v) is 15.0. The average Bonchev–Trinajstić information content (AvgIpc) is 2.96. The lowest BCUT2D eigenvalue weighted by atomic mass is 10.0. The molecule has 2 N–H and O–H groups in total. The lowest BCUT2D eigenvalue weighted by Crippen LogP contribution is -2.45. The van der Waals surface area contributed by atoms with Gasteiger partial charge >= 0.3 is 0 Å². The number of thiophene rings is 1. The van der Waals surface area contributed by atoms with Crippen LogP contribution < -0.4 is 10.6 Å². The highest BCUT2D eigenvalue weighted by Gasteiger charge is 2.19. The first kappa shape index (κ1) is 17.3. The molecule has 4 nitrogen and oxygen atoms in total. The maximum atomic E-state index is 4.32. The summed E-state index contributed by atoms with van der Waals surface area (Å²) in [5, 5.41) is 8.99. The fraction of sp³-hybridized carbons (Fsp3) is 0.706. The minimum atomic E-state index is 0.777. The number of guanidine groups is 1. The van der Waals surface area contributed by atoms with Crippen molar-refractivity contribution in [3.05, 3.63) is 21.9 Å². The zero-order valence-electron chi connectivity index (χ0n) is 14.2. The molecule has 1 saturated heterocycles. The monoisotopic (exact) mass is 322 g/mol. The van der Waals surface area contributed by atoms with E-state index < -0.39 is 0 Å². The molecule has 1 fully saturated rings. The molecule has 22 heavy (non-hydrogen) atoms. The first-order valence-corrected chi connectivity index (χ1v) is 9.34. The standard InChI is InChI=1S/C17H30N4S/c1-4-15-7-5-6-10-21(15)11-9-19-17(18-3)20-13-16-14(2)8-12-22-16/h8,12,15H,4-7,9-11,13H2,1-3H3,(H2,18,19,20). The molecule has 5 heteroatoms. The van der Waals surface area contributed by atoms with Crippen molar-refractivity contribution in [1.29, 1.82) is 0 Å². The zero-order chi connectivity index (χ0) is 15.8. The first-order chi connectivity index (χ1) is 10.7. The molecular weight excluding hydrogens is 292 g/mol. The Labute approximate surface area is 139 Å². The predicted octanol–water partition coefficient (Wildman–Crippen LogP) is 2.99. The summed E-state index contributed by atoms with van der Waals surface area (Å²) in [6.07, 6.45) is 5.37. The lowest BCUT2D eigenvalue weighted by molar-refractivity contribution is 0.147. The second-order valence-corrected chi connectivity index (χ2v) is 6.97. The van der Waals surface area contributed by atoms with Gasteiger partial charge in [0.15, 0.2) is 5.96 Å². The molecular formula is C17H30N4S. The quantitative estimate of drug-likeness (QED) is 0.625. The Hall–Kier alpha value is -1.07. The summed E-state index contributed by atoms with van der Waals surface area (Å²) in [7, 11) is 1.84. The van der Waals surface area contributed by atoms with E-state index in [0.717, 1.165) is 31.6 Å². The van der Waals surface area contributed by atoms with Crippen LogP contribution in [-0.4, -0.2) is 43.6 Å². The first-order valence-electron chi connectivity index (χ1n) is 8.46. The Balaban J connectivity index is 1.71. The van der Waals surface area contributed by atoms with Crippen LogP contribution in [-0.2, 0) is 6.54 Å². The van der Waals surface area contributed by atoms with Crippen LogP contribution >= 0.6 is 11.3 Å². The van der Waals surface area contributed by atoms with E-state index in [1.807, 2.05) is 7.05 Å². The van der Waals surface area contributed by atoms with Crippen molar-refractivity contribution in [1.82, 2.24) is 15.5 Å². The molecule has 0 radical (unpaired) electrons. The summed E-state index contributed by atoms with van der Waals surface area (Å²) in [6.45, 7) is 8.63. The molecule has 0 amide bonds. The molecule has 0 aliphatic carbocycles. The summed E-state index contributed by atoms with van der Waals surface area (Å²) < 4.78 is 0.